The molecule has 1 heterocycles. The molecule has 14 heavy (non-hydrogen) atoms. The van der Waals surface area contributed by atoms with Crippen LogP contribution in [0.2, 0.25) is 0 Å². The number of hydrogen-bond acceptors (Lipinski definition) is 2. The van der Waals surface area contributed by atoms with E-state index in [2.05, 4.69) is 35.2 Å². The van der Waals surface area contributed by atoms with Crippen LogP contribution in [0, 0.1) is 0 Å². The van der Waals surface area contributed by atoms with Crippen LogP contribution in [0.25, 0.3) is 0 Å². The van der Waals surface area contributed by atoms with Gasteiger partial charge in [0.25, 0.3) is 0 Å². The molecule has 1 aromatic carbocycles. The van der Waals surface area contributed by atoms with Crippen molar-refractivity contribution in [2.24, 2.45) is 0 Å². The molecule has 0 atom stereocenters. The Balaban J connectivity index is 0.000000140. The first-order chi connectivity index (χ1) is 6.79. The van der Waals surface area contributed by atoms with E-state index in [0.29, 0.717) is 5.78 Å². The molecule has 1 aliphatic rings. The molecule has 2 rings (SSSR count). The molecule has 1 aromatic rings. The van der Waals surface area contributed by atoms with Crippen molar-refractivity contribution in [1.82, 2.24) is 5.32 Å². The van der Waals surface area contributed by atoms with Gasteiger partial charge in [-0.3, -0.25) is 4.79 Å². The molecule has 1 fully saturated rings. The van der Waals surface area contributed by atoms with Gasteiger partial charge in [-0.25, -0.2) is 0 Å². The Bertz CT molecular complexity index is 266. The summed E-state index contributed by atoms with van der Waals surface area (Å²) in [5.74, 6) is 0.402. The number of piperidine rings is 1. The number of nitrogens with one attached hydrogen (secondary N) is 1. The Morgan fingerprint density at radius 3 is 1.93 bits per heavy atom. The summed E-state index contributed by atoms with van der Waals surface area (Å²) in [5, 5.41) is 3.09. The summed E-state index contributed by atoms with van der Waals surface area (Å²) in [4.78, 5) is 10.4. The number of rotatable bonds is 0. The molecular weight excluding hydrogens is 169 g/mol. The van der Waals surface area contributed by atoms with Gasteiger partial charge in [0.05, 0.1) is 0 Å². The molecule has 70 valence electrons. The van der Waals surface area contributed by atoms with Gasteiger partial charge in [-0.15, -0.1) is 0 Å². The molecular formula is C11H14LiNO. The van der Waals surface area contributed by atoms with E-state index in [1.165, 1.54) is 4.24 Å². The van der Waals surface area contributed by atoms with Crippen LogP contribution < -0.4 is 9.55 Å². The van der Waals surface area contributed by atoms with Gasteiger partial charge in [0.2, 0.25) is 0 Å². The minimum absolute atomic E-state index is 0.402. The fraction of sp³-hybridized carbons (Fsp3) is 0.364. The van der Waals surface area contributed by atoms with Crippen LogP contribution in [0.15, 0.2) is 30.3 Å². The Kier molecular flexibility index (Phi) is 5.63. The molecule has 2 nitrogen and oxygen atoms in total. The number of carbonyl (C=O) groups is 1. The third kappa shape index (κ3) is 5.24. The average molecular weight is 183 g/mol. The summed E-state index contributed by atoms with van der Waals surface area (Å²) in [5.41, 5.74) is 0. The van der Waals surface area contributed by atoms with Crippen molar-refractivity contribution in [3.63, 3.8) is 0 Å². The van der Waals surface area contributed by atoms with E-state index in [1.54, 1.807) is 0 Å². The van der Waals surface area contributed by atoms with Crippen LogP contribution in [0.5, 0.6) is 0 Å². The summed E-state index contributed by atoms with van der Waals surface area (Å²) < 4.78 is 1.32. The number of carbonyl (C=O) groups excluding carboxylic acids is 1. The number of hydrogen-bond donors (Lipinski definition) is 1. The summed E-state index contributed by atoms with van der Waals surface area (Å²) in [7, 11) is 0. The van der Waals surface area contributed by atoms with Crippen molar-refractivity contribution >= 4 is 27.7 Å². The second-order valence-electron chi connectivity index (χ2n) is 3.44. The first-order valence-electron chi connectivity index (χ1n) is 5.03. The van der Waals surface area contributed by atoms with Crippen LogP contribution in [-0.4, -0.2) is 36.6 Å². The Morgan fingerprint density at radius 2 is 1.64 bits per heavy atom. The van der Waals surface area contributed by atoms with Gasteiger partial charge in [-0.1, -0.05) is 0 Å². The van der Waals surface area contributed by atoms with Crippen LogP contribution in [0.3, 0.4) is 0 Å². The molecule has 1 aliphatic heterocycles. The predicted molar refractivity (Wildman–Crippen MR) is 58.9 cm³/mol. The fourth-order valence-corrected chi connectivity index (χ4v) is 1.24. The third-order valence-corrected chi connectivity index (χ3v) is 2.10. The van der Waals surface area contributed by atoms with Crippen molar-refractivity contribution in [1.29, 1.82) is 0 Å². The summed E-state index contributed by atoms with van der Waals surface area (Å²) in [6.07, 6.45) is 1.47. The summed E-state index contributed by atoms with van der Waals surface area (Å²) >= 11 is 2.08. The summed E-state index contributed by atoms with van der Waals surface area (Å²) in [6.45, 7) is 1.78. The monoisotopic (exact) mass is 183 g/mol. The SMILES string of the molecule is O=C1CCNCC1.[Li][c]1ccccc1. The minimum atomic E-state index is 0.402. The first-order valence-corrected chi connectivity index (χ1v) is 5.03. The first kappa shape index (κ1) is 11.5. The molecule has 1 N–H and O–H groups in total. The predicted octanol–water partition coefficient (Wildman–Crippen LogP) is 0.419. The van der Waals surface area contributed by atoms with Crippen LogP contribution >= 0.6 is 0 Å². The van der Waals surface area contributed by atoms with Crippen molar-refractivity contribution in [2.75, 3.05) is 13.1 Å². The number of ketones is 1. The van der Waals surface area contributed by atoms with E-state index in [-0.39, 0.29) is 0 Å². The van der Waals surface area contributed by atoms with Crippen molar-refractivity contribution in [3.05, 3.63) is 30.3 Å². The third-order valence-electron chi connectivity index (χ3n) is 2.10. The standard InChI is InChI=1S/C6H5.C5H9NO.Li/c1-2-4-6-5-3-1;7-5-1-3-6-4-2-5;/h1-5H;6H,1-4H2;. The molecule has 0 spiro atoms. The molecule has 0 unspecified atom stereocenters. The van der Waals surface area contributed by atoms with E-state index >= 15 is 0 Å². The van der Waals surface area contributed by atoms with Crippen LogP contribution in [0.1, 0.15) is 12.8 Å². The number of Topliss-reactive ketones (excluding diaryl/α,β-unsaturated/α-hetero) is 1. The quantitative estimate of drug-likeness (QED) is 0.590. The maximum atomic E-state index is 10.4. The van der Waals surface area contributed by atoms with Gasteiger partial charge >= 0.3 is 52.3 Å². The van der Waals surface area contributed by atoms with Crippen molar-refractivity contribution in [3.8, 4) is 0 Å². The molecule has 0 radical (unpaired) electrons. The summed E-state index contributed by atoms with van der Waals surface area (Å²) in [6, 6.07) is 10.3. The fourth-order valence-electron chi connectivity index (χ4n) is 1.24. The van der Waals surface area contributed by atoms with E-state index < -0.39 is 0 Å². The average Bonchev–Trinajstić information content (AvgIpc) is 2.21. The molecule has 0 bridgehead atoms. The Morgan fingerprint density at radius 1 is 1.07 bits per heavy atom. The molecule has 0 aliphatic carbocycles. The van der Waals surface area contributed by atoms with E-state index in [9.17, 15) is 4.79 Å². The topological polar surface area (TPSA) is 29.1 Å². The van der Waals surface area contributed by atoms with E-state index in [0.717, 1.165) is 25.9 Å². The van der Waals surface area contributed by atoms with Gasteiger partial charge < -0.3 is 5.32 Å². The molecule has 0 aromatic heterocycles. The van der Waals surface area contributed by atoms with Gasteiger partial charge in [-0.05, 0) is 0 Å². The molecule has 3 heteroatoms. The molecule has 0 saturated carbocycles. The zero-order valence-corrected chi connectivity index (χ0v) is 8.62. The second-order valence-corrected chi connectivity index (χ2v) is 3.44. The number of benzene rings is 1. The maximum absolute atomic E-state index is 10.4. The van der Waals surface area contributed by atoms with Crippen LogP contribution in [-0.2, 0) is 4.79 Å². The van der Waals surface area contributed by atoms with Gasteiger partial charge in [-0.2, -0.15) is 0 Å². The van der Waals surface area contributed by atoms with Crippen molar-refractivity contribution in [2.45, 2.75) is 12.8 Å². The van der Waals surface area contributed by atoms with Crippen LogP contribution in [0.4, 0.5) is 0 Å². The van der Waals surface area contributed by atoms with E-state index in [4.69, 9.17) is 0 Å². The van der Waals surface area contributed by atoms with E-state index in [1.807, 2.05) is 18.2 Å². The van der Waals surface area contributed by atoms with Gasteiger partial charge in [0.15, 0.2) is 0 Å². The Labute approximate surface area is 94.3 Å². The normalized spacial score (nSPS) is 15.7. The van der Waals surface area contributed by atoms with Gasteiger partial charge in [0.1, 0.15) is 5.78 Å². The molecule has 0 amide bonds. The second kappa shape index (κ2) is 6.84. The zero-order valence-electron chi connectivity index (χ0n) is 8.62. The van der Waals surface area contributed by atoms with Crippen molar-refractivity contribution < 1.29 is 4.79 Å². The van der Waals surface area contributed by atoms with Gasteiger partial charge in [0, 0.05) is 25.9 Å². The Hall–Kier alpha value is -0.553. The zero-order chi connectivity index (χ0) is 10.2. The molecule has 1 saturated heterocycles.